The minimum atomic E-state index is -5.35. The zero-order valence-corrected chi connectivity index (χ0v) is 19.0. The summed E-state index contributed by atoms with van der Waals surface area (Å²) in [6, 6.07) is 0. The van der Waals surface area contributed by atoms with E-state index in [2.05, 4.69) is 14.8 Å². The monoisotopic (exact) mass is 481 g/mol. The highest BCUT2D eigenvalue weighted by Crippen LogP contribution is 2.41. The fourth-order valence-corrected chi connectivity index (χ4v) is 4.53. The van der Waals surface area contributed by atoms with Gasteiger partial charge >= 0.3 is 29.9 Å². The number of thiophene rings is 1. The number of nitrogens with zero attached hydrogens (tertiary/aromatic N) is 1. The molecule has 0 fully saturated rings. The number of amides is 1. The maximum Gasteiger partial charge on any atom is 0.442 e. The van der Waals surface area contributed by atoms with E-state index in [1.165, 1.54) is 13.8 Å². The van der Waals surface area contributed by atoms with Crippen molar-refractivity contribution >= 4 is 34.4 Å². The molecule has 0 saturated heterocycles. The number of hydrogen-bond donors (Lipinski definition) is 2. The Labute approximate surface area is 187 Å². The van der Waals surface area contributed by atoms with Crippen molar-refractivity contribution in [3.63, 3.8) is 0 Å². The van der Waals surface area contributed by atoms with Gasteiger partial charge in [0.15, 0.2) is 0 Å². The molecule has 1 aliphatic heterocycles. The van der Waals surface area contributed by atoms with Crippen LogP contribution in [0.3, 0.4) is 0 Å². The van der Waals surface area contributed by atoms with Crippen LogP contribution in [0.1, 0.15) is 41.6 Å². The molecule has 0 aliphatic carbocycles. The molecule has 1 aromatic rings. The second kappa shape index (κ2) is 10.4. The summed E-state index contributed by atoms with van der Waals surface area (Å²) < 4.78 is 57.2. The van der Waals surface area contributed by atoms with E-state index < -0.39 is 29.9 Å². The minimum Gasteiger partial charge on any atom is -0.463 e. The van der Waals surface area contributed by atoms with Crippen molar-refractivity contribution in [2.24, 2.45) is 0 Å². The molecule has 1 aromatic heterocycles. The normalized spacial score (nSPS) is 15.8. The zero-order chi connectivity index (χ0) is 24.1. The van der Waals surface area contributed by atoms with Crippen LogP contribution in [0.15, 0.2) is 0 Å². The molecule has 1 atom stereocenters. The summed E-state index contributed by atoms with van der Waals surface area (Å²) in [6.45, 7) is 4.68. The lowest BCUT2D eigenvalue weighted by Gasteiger charge is -2.34. The molecule has 0 radical (unpaired) electrons. The summed E-state index contributed by atoms with van der Waals surface area (Å²) in [5, 5.41) is 3.38. The summed E-state index contributed by atoms with van der Waals surface area (Å²) in [5.74, 6) is -2.62. The molecular formula is C19H26F3N3O6S. The van der Waals surface area contributed by atoms with Gasteiger partial charge in [-0.2, -0.15) is 13.2 Å². The largest absolute Gasteiger partial charge is 0.463 e. The number of hydrogen-bond acceptors (Lipinski definition) is 9. The van der Waals surface area contributed by atoms with Crippen LogP contribution >= 0.6 is 11.3 Å². The lowest BCUT2D eigenvalue weighted by atomic mass is 10.0. The molecule has 2 N–H and O–H groups in total. The van der Waals surface area contributed by atoms with Crippen molar-refractivity contribution in [1.29, 1.82) is 0 Å². The van der Waals surface area contributed by atoms with Gasteiger partial charge in [0.1, 0.15) is 5.00 Å². The number of nitrogens with one attached hydrogen (secondary N) is 2. The van der Waals surface area contributed by atoms with Crippen LogP contribution in [0.2, 0.25) is 0 Å². The molecule has 2 rings (SSSR count). The van der Waals surface area contributed by atoms with E-state index in [-0.39, 0.29) is 30.4 Å². The average molecular weight is 481 g/mol. The molecule has 180 valence electrons. The first-order valence-corrected chi connectivity index (χ1v) is 10.8. The van der Waals surface area contributed by atoms with E-state index in [1.54, 1.807) is 12.2 Å². The van der Waals surface area contributed by atoms with Crippen LogP contribution in [0, 0.1) is 0 Å². The van der Waals surface area contributed by atoms with Crippen molar-refractivity contribution in [3.8, 4) is 0 Å². The van der Waals surface area contributed by atoms with Gasteiger partial charge in [0.25, 0.3) is 0 Å². The molecule has 0 unspecified atom stereocenters. The number of carbonyl (C=O) groups is 3. The van der Waals surface area contributed by atoms with Crippen LogP contribution in [0.25, 0.3) is 0 Å². The number of esters is 2. The van der Waals surface area contributed by atoms with Crippen molar-refractivity contribution in [2.45, 2.75) is 45.6 Å². The van der Waals surface area contributed by atoms with E-state index in [0.29, 0.717) is 30.0 Å². The Morgan fingerprint density at radius 3 is 2.25 bits per heavy atom. The Morgan fingerprint density at radius 2 is 1.69 bits per heavy atom. The van der Waals surface area contributed by atoms with Gasteiger partial charge in [0.05, 0.1) is 25.4 Å². The number of rotatable bonds is 8. The third kappa shape index (κ3) is 5.26. The lowest BCUT2D eigenvalue weighted by molar-refractivity contribution is -0.205. The van der Waals surface area contributed by atoms with Gasteiger partial charge in [-0.15, -0.1) is 11.3 Å². The van der Waals surface area contributed by atoms with Crippen LogP contribution < -0.4 is 10.6 Å². The number of likely N-dealkylation sites (N-methyl/N-ethyl adjacent to an activating group) is 1. The maximum absolute atomic E-state index is 14.3. The summed E-state index contributed by atoms with van der Waals surface area (Å²) >= 11 is 0.885. The third-order valence-corrected chi connectivity index (χ3v) is 5.73. The van der Waals surface area contributed by atoms with E-state index >= 15 is 0 Å². The quantitative estimate of drug-likeness (QED) is 0.332. The molecule has 9 nitrogen and oxygen atoms in total. The van der Waals surface area contributed by atoms with Crippen LogP contribution in [0.4, 0.5) is 23.0 Å². The van der Waals surface area contributed by atoms with Gasteiger partial charge in [0, 0.05) is 18.0 Å². The Morgan fingerprint density at radius 1 is 1.06 bits per heavy atom. The van der Waals surface area contributed by atoms with Crippen molar-refractivity contribution in [1.82, 2.24) is 10.2 Å². The van der Waals surface area contributed by atoms with Gasteiger partial charge in [-0.25, -0.2) is 14.4 Å². The maximum atomic E-state index is 14.3. The predicted molar refractivity (Wildman–Crippen MR) is 110 cm³/mol. The highest BCUT2D eigenvalue weighted by Gasteiger charge is 2.64. The van der Waals surface area contributed by atoms with Crippen molar-refractivity contribution in [3.05, 3.63) is 16.0 Å². The second-order valence-electron chi connectivity index (χ2n) is 6.85. The summed E-state index contributed by atoms with van der Waals surface area (Å²) in [7, 11) is 1.83. The minimum absolute atomic E-state index is 0.00611. The summed E-state index contributed by atoms with van der Waals surface area (Å²) in [5.41, 5.74) is -3.23. The fraction of sp³-hybridized carbons (Fsp3) is 0.632. The number of alkyl halides is 3. The second-order valence-corrected chi connectivity index (χ2v) is 7.96. The van der Waals surface area contributed by atoms with E-state index in [0.717, 1.165) is 11.3 Å². The smallest absolute Gasteiger partial charge is 0.442 e. The van der Waals surface area contributed by atoms with Gasteiger partial charge in [0.2, 0.25) is 0 Å². The van der Waals surface area contributed by atoms with Crippen LogP contribution in [0.5, 0.6) is 0 Å². The third-order valence-electron chi connectivity index (χ3n) is 4.60. The van der Waals surface area contributed by atoms with E-state index in [1.807, 2.05) is 11.9 Å². The first-order valence-electron chi connectivity index (χ1n) is 9.97. The SMILES string of the molecule is CCOC(=O)N[C@@](Nc1sc2c(c1C(=O)OCC)CCN(C)C2)(C(=O)OCC)C(F)(F)F. The average Bonchev–Trinajstić information content (AvgIpc) is 3.03. The highest BCUT2D eigenvalue weighted by molar-refractivity contribution is 7.16. The van der Waals surface area contributed by atoms with Crippen LogP contribution in [-0.2, 0) is 32.0 Å². The predicted octanol–water partition coefficient (Wildman–Crippen LogP) is 2.89. The van der Waals surface area contributed by atoms with Gasteiger partial charge < -0.3 is 24.4 Å². The Balaban J connectivity index is 2.64. The number of halogens is 3. The van der Waals surface area contributed by atoms with Gasteiger partial charge in [-0.3, -0.25) is 5.32 Å². The number of alkyl carbamates (subject to hydrolysis) is 1. The molecule has 0 spiro atoms. The number of fused-ring (bicyclic) bond motifs is 1. The summed E-state index contributed by atoms with van der Waals surface area (Å²) in [6.07, 6.45) is -6.43. The Hall–Kier alpha value is -2.54. The van der Waals surface area contributed by atoms with E-state index in [4.69, 9.17) is 4.74 Å². The van der Waals surface area contributed by atoms with Crippen molar-refractivity contribution < 1.29 is 41.8 Å². The first-order chi connectivity index (χ1) is 15.0. The molecule has 1 aliphatic rings. The van der Waals surface area contributed by atoms with E-state index in [9.17, 15) is 27.6 Å². The van der Waals surface area contributed by atoms with Gasteiger partial charge in [-0.05, 0) is 39.8 Å². The molecule has 0 saturated carbocycles. The molecule has 32 heavy (non-hydrogen) atoms. The molecule has 0 aromatic carbocycles. The first kappa shape index (κ1) is 25.7. The molecule has 2 heterocycles. The van der Waals surface area contributed by atoms with Gasteiger partial charge in [-0.1, -0.05) is 0 Å². The molecule has 13 heteroatoms. The molecular weight excluding hydrogens is 455 g/mol. The number of ether oxygens (including phenoxy) is 3. The lowest BCUT2D eigenvalue weighted by Crippen LogP contribution is -2.69. The number of anilines is 1. The Kier molecular flexibility index (Phi) is 8.35. The fourth-order valence-electron chi connectivity index (χ4n) is 3.16. The zero-order valence-electron chi connectivity index (χ0n) is 18.2. The Bertz CT molecular complexity index is 860. The highest BCUT2D eigenvalue weighted by atomic mass is 32.1. The molecule has 0 bridgehead atoms. The van der Waals surface area contributed by atoms with Crippen molar-refractivity contribution in [2.75, 3.05) is 38.7 Å². The van der Waals surface area contributed by atoms with Crippen LogP contribution in [-0.4, -0.2) is 68.2 Å². The number of carbonyl (C=O) groups excluding carboxylic acids is 3. The molecule has 1 amide bonds. The topological polar surface area (TPSA) is 106 Å². The standard InChI is InChI=1S/C19H26F3N3O6S/c1-5-29-15(26)13-11-8-9-25(4)10-12(11)32-14(13)23-18(19(20,21)22,16(27)30-6-2)24-17(28)31-7-3/h23H,5-10H2,1-4H3,(H,24,28)/t18-/m0/s1. The summed E-state index contributed by atoms with van der Waals surface area (Å²) in [4.78, 5) is 39.8.